The second kappa shape index (κ2) is 6.00. The average Bonchev–Trinajstić information content (AvgIpc) is 2.80. The van der Waals surface area contributed by atoms with Gasteiger partial charge in [0.1, 0.15) is 17.8 Å². The maximum absolute atomic E-state index is 12.3. The molecule has 0 spiro atoms. The van der Waals surface area contributed by atoms with Gasteiger partial charge in [-0.3, -0.25) is 9.59 Å². The number of ether oxygens (including phenoxy) is 1. The van der Waals surface area contributed by atoms with Crippen molar-refractivity contribution in [2.45, 2.75) is 45.6 Å². The van der Waals surface area contributed by atoms with Crippen LogP contribution in [0, 0.1) is 5.41 Å². The van der Waals surface area contributed by atoms with Gasteiger partial charge in [-0.2, -0.15) is 0 Å². The van der Waals surface area contributed by atoms with Gasteiger partial charge in [0.25, 0.3) is 0 Å². The van der Waals surface area contributed by atoms with Crippen molar-refractivity contribution in [2.24, 2.45) is 5.41 Å². The molecule has 1 aliphatic carbocycles. The smallest absolute Gasteiger partial charge is 0.319 e. The maximum atomic E-state index is 12.3. The third-order valence-corrected chi connectivity index (χ3v) is 3.82. The van der Waals surface area contributed by atoms with Crippen molar-refractivity contribution in [3.8, 4) is 0 Å². The Hall–Kier alpha value is -1.64. The van der Waals surface area contributed by atoms with Crippen LogP contribution < -0.4 is 0 Å². The van der Waals surface area contributed by atoms with E-state index >= 15 is 0 Å². The lowest BCUT2D eigenvalue weighted by molar-refractivity contribution is -0.161. The van der Waals surface area contributed by atoms with E-state index in [4.69, 9.17) is 4.74 Å². The zero-order chi connectivity index (χ0) is 13.7. The Labute approximate surface area is 114 Å². The van der Waals surface area contributed by atoms with Gasteiger partial charge in [0.2, 0.25) is 0 Å². The molecule has 102 valence electrons. The molecule has 3 heteroatoms. The molecule has 19 heavy (non-hydrogen) atoms. The molecule has 1 fully saturated rings. The number of rotatable bonds is 5. The van der Waals surface area contributed by atoms with Gasteiger partial charge in [-0.25, -0.2) is 0 Å². The minimum atomic E-state index is -0.858. The number of Topliss-reactive ketones (excluding diaryl/α,β-unsaturated/α-hetero) is 1. The van der Waals surface area contributed by atoms with E-state index in [9.17, 15) is 9.59 Å². The predicted octanol–water partition coefficient (Wildman–Crippen LogP) is 3.27. The van der Waals surface area contributed by atoms with Crippen molar-refractivity contribution >= 4 is 11.8 Å². The molecule has 0 radical (unpaired) electrons. The summed E-state index contributed by atoms with van der Waals surface area (Å²) in [6, 6.07) is 9.56. The van der Waals surface area contributed by atoms with Crippen LogP contribution in [0.25, 0.3) is 0 Å². The van der Waals surface area contributed by atoms with Gasteiger partial charge in [0.15, 0.2) is 0 Å². The quantitative estimate of drug-likeness (QED) is 0.603. The number of ketones is 1. The topological polar surface area (TPSA) is 43.4 Å². The summed E-state index contributed by atoms with van der Waals surface area (Å²) in [5.74, 6) is -0.270. The van der Waals surface area contributed by atoms with Crippen molar-refractivity contribution in [2.75, 3.05) is 0 Å². The number of esters is 1. The van der Waals surface area contributed by atoms with Crippen LogP contribution in [0.4, 0.5) is 0 Å². The highest BCUT2D eigenvalue weighted by molar-refractivity contribution is 6.05. The molecule has 0 heterocycles. The first-order valence-corrected chi connectivity index (χ1v) is 6.93. The molecule has 1 saturated carbocycles. The molecule has 1 atom stereocenters. The van der Waals surface area contributed by atoms with Gasteiger partial charge in [0, 0.05) is 6.42 Å². The third kappa shape index (κ3) is 2.86. The number of carbonyl (C=O) groups excluding carboxylic acids is 2. The van der Waals surface area contributed by atoms with Crippen molar-refractivity contribution < 1.29 is 14.3 Å². The van der Waals surface area contributed by atoms with E-state index in [-0.39, 0.29) is 18.4 Å². The number of hydrogen-bond acceptors (Lipinski definition) is 3. The minimum absolute atomic E-state index is 0.0624. The van der Waals surface area contributed by atoms with Crippen LogP contribution in [-0.2, 0) is 20.9 Å². The fourth-order valence-corrected chi connectivity index (χ4v) is 2.80. The molecule has 2 rings (SSSR count). The fraction of sp³-hybridized carbons (Fsp3) is 0.500. The van der Waals surface area contributed by atoms with Gasteiger partial charge in [-0.1, -0.05) is 43.7 Å². The molecule has 1 aromatic carbocycles. The molecule has 0 saturated heterocycles. The van der Waals surface area contributed by atoms with Crippen LogP contribution in [0.2, 0.25) is 0 Å². The first-order valence-electron chi connectivity index (χ1n) is 6.93. The molecule has 3 nitrogen and oxygen atoms in total. The average molecular weight is 260 g/mol. The first kappa shape index (κ1) is 13.8. The summed E-state index contributed by atoms with van der Waals surface area (Å²) in [7, 11) is 0. The van der Waals surface area contributed by atoms with Crippen molar-refractivity contribution in [1.29, 1.82) is 0 Å². The third-order valence-electron chi connectivity index (χ3n) is 3.82. The standard InChI is InChI=1S/C16H20O3/c1-2-10-16(11-6-9-14(16)17)15(18)19-12-13-7-4-3-5-8-13/h3-5,7-8H,2,6,9-12H2,1H3. The van der Waals surface area contributed by atoms with Crippen molar-refractivity contribution in [3.05, 3.63) is 35.9 Å². The maximum Gasteiger partial charge on any atom is 0.319 e. The van der Waals surface area contributed by atoms with Crippen LogP contribution in [0.5, 0.6) is 0 Å². The lowest BCUT2D eigenvalue weighted by atomic mass is 9.81. The Morgan fingerprint density at radius 2 is 2.05 bits per heavy atom. The summed E-state index contributed by atoms with van der Waals surface area (Å²) in [6.45, 7) is 2.25. The summed E-state index contributed by atoms with van der Waals surface area (Å²) < 4.78 is 5.38. The Morgan fingerprint density at radius 1 is 1.32 bits per heavy atom. The van der Waals surface area contributed by atoms with E-state index in [2.05, 4.69) is 0 Å². The molecule has 1 aromatic rings. The molecule has 0 amide bonds. The van der Waals surface area contributed by atoms with Crippen LogP contribution in [-0.4, -0.2) is 11.8 Å². The summed E-state index contributed by atoms with van der Waals surface area (Å²) in [4.78, 5) is 24.3. The Bertz CT molecular complexity index is 452. The summed E-state index contributed by atoms with van der Waals surface area (Å²) in [6.07, 6.45) is 3.40. The van der Waals surface area contributed by atoms with E-state index in [1.165, 1.54) is 0 Å². The summed E-state index contributed by atoms with van der Waals surface area (Å²) >= 11 is 0. The fourth-order valence-electron chi connectivity index (χ4n) is 2.80. The zero-order valence-electron chi connectivity index (χ0n) is 11.4. The van der Waals surface area contributed by atoms with Gasteiger partial charge in [0.05, 0.1) is 0 Å². The van der Waals surface area contributed by atoms with Crippen molar-refractivity contribution in [3.63, 3.8) is 0 Å². The molecule has 1 aliphatic rings. The normalized spacial score (nSPS) is 22.5. The molecule has 0 bridgehead atoms. The monoisotopic (exact) mass is 260 g/mol. The molecular formula is C16H20O3. The van der Waals surface area contributed by atoms with Gasteiger partial charge < -0.3 is 4.74 Å². The van der Waals surface area contributed by atoms with Crippen LogP contribution >= 0.6 is 0 Å². The molecule has 0 aromatic heterocycles. The van der Waals surface area contributed by atoms with E-state index in [0.717, 1.165) is 18.4 Å². The summed E-state index contributed by atoms with van der Waals surface area (Å²) in [5.41, 5.74) is 0.0942. The lowest BCUT2D eigenvalue weighted by Gasteiger charge is -2.24. The second-order valence-electron chi connectivity index (χ2n) is 5.17. The zero-order valence-corrected chi connectivity index (χ0v) is 11.4. The van der Waals surface area contributed by atoms with Crippen LogP contribution in [0.3, 0.4) is 0 Å². The van der Waals surface area contributed by atoms with Gasteiger partial charge in [-0.05, 0) is 24.8 Å². The largest absolute Gasteiger partial charge is 0.460 e. The van der Waals surface area contributed by atoms with Gasteiger partial charge >= 0.3 is 5.97 Å². The van der Waals surface area contributed by atoms with E-state index in [1.54, 1.807) is 0 Å². The molecule has 0 aliphatic heterocycles. The lowest BCUT2D eigenvalue weighted by Crippen LogP contribution is -2.36. The number of carbonyl (C=O) groups is 2. The van der Waals surface area contributed by atoms with Crippen LogP contribution in [0.1, 0.15) is 44.6 Å². The highest BCUT2D eigenvalue weighted by Crippen LogP contribution is 2.40. The van der Waals surface area contributed by atoms with Crippen molar-refractivity contribution in [1.82, 2.24) is 0 Å². The van der Waals surface area contributed by atoms with E-state index < -0.39 is 5.41 Å². The van der Waals surface area contributed by atoms with E-state index in [0.29, 0.717) is 19.3 Å². The highest BCUT2D eigenvalue weighted by Gasteiger charge is 2.48. The second-order valence-corrected chi connectivity index (χ2v) is 5.17. The Balaban J connectivity index is 2.03. The minimum Gasteiger partial charge on any atom is -0.460 e. The molecular weight excluding hydrogens is 240 g/mol. The van der Waals surface area contributed by atoms with Gasteiger partial charge in [-0.15, -0.1) is 0 Å². The summed E-state index contributed by atoms with van der Waals surface area (Å²) in [5, 5.41) is 0. The predicted molar refractivity (Wildman–Crippen MR) is 72.4 cm³/mol. The van der Waals surface area contributed by atoms with Crippen LogP contribution in [0.15, 0.2) is 30.3 Å². The highest BCUT2D eigenvalue weighted by atomic mass is 16.5. The Morgan fingerprint density at radius 3 is 2.63 bits per heavy atom. The number of benzene rings is 1. The first-order chi connectivity index (χ1) is 9.19. The van der Waals surface area contributed by atoms with E-state index in [1.807, 2.05) is 37.3 Å². The molecule has 1 unspecified atom stereocenters. The Kier molecular flexibility index (Phi) is 4.35. The number of hydrogen-bond donors (Lipinski definition) is 0. The SMILES string of the molecule is CCCC1(C(=O)OCc2ccccc2)CCCC1=O. The molecule has 0 N–H and O–H groups in total.